The molecule has 0 aliphatic heterocycles. The largest absolute Gasteiger partial charge is 0.289 e. The molecule has 0 spiro atoms. The van der Waals surface area contributed by atoms with Gasteiger partial charge in [-0.25, -0.2) is 0 Å². The van der Waals surface area contributed by atoms with E-state index < -0.39 is 0 Å². The third kappa shape index (κ3) is 3.40. The summed E-state index contributed by atoms with van der Waals surface area (Å²) in [7, 11) is 0. The van der Waals surface area contributed by atoms with Crippen molar-refractivity contribution in [1.29, 1.82) is 0 Å². The van der Waals surface area contributed by atoms with Crippen molar-refractivity contribution < 1.29 is 9.59 Å². The van der Waals surface area contributed by atoms with Crippen molar-refractivity contribution in [2.75, 3.05) is 0 Å². The van der Waals surface area contributed by atoms with Gasteiger partial charge < -0.3 is 0 Å². The van der Waals surface area contributed by atoms with Crippen LogP contribution in [0.3, 0.4) is 0 Å². The second-order valence-electron chi connectivity index (χ2n) is 5.23. The molecule has 2 nitrogen and oxygen atoms in total. The zero-order valence-electron chi connectivity index (χ0n) is 12.5. The van der Waals surface area contributed by atoms with Crippen molar-refractivity contribution in [3.63, 3.8) is 0 Å². The van der Waals surface area contributed by atoms with E-state index in [4.69, 9.17) is 23.2 Å². The minimum Gasteiger partial charge on any atom is -0.289 e. The molecule has 0 saturated heterocycles. The molecular weight excluding hydrogens is 343 g/mol. The lowest BCUT2D eigenvalue weighted by atomic mass is 9.97. The first-order valence-corrected chi connectivity index (χ1v) is 8.01. The van der Waals surface area contributed by atoms with Gasteiger partial charge in [0.15, 0.2) is 11.6 Å². The second-order valence-corrected chi connectivity index (χ2v) is 6.07. The van der Waals surface area contributed by atoms with Crippen LogP contribution < -0.4 is 0 Å². The topological polar surface area (TPSA) is 34.1 Å². The minimum absolute atomic E-state index is 0.166. The smallest absolute Gasteiger partial charge is 0.194 e. The monoisotopic (exact) mass is 354 g/mol. The Morgan fingerprint density at radius 3 is 1.92 bits per heavy atom. The Bertz CT molecular complexity index is 915. The summed E-state index contributed by atoms with van der Waals surface area (Å²) >= 11 is 11.9. The fraction of sp³-hybridized carbons (Fsp3) is 0. The van der Waals surface area contributed by atoms with Crippen molar-refractivity contribution in [2.24, 2.45) is 0 Å². The van der Waals surface area contributed by atoms with E-state index in [-0.39, 0.29) is 11.6 Å². The molecule has 0 aromatic heterocycles. The number of rotatable bonds is 4. The molecule has 0 fully saturated rings. The van der Waals surface area contributed by atoms with E-state index in [1.807, 2.05) is 0 Å². The summed E-state index contributed by atoms with van der Waals surface area (Å²) in [6.07, 6.45) is 0. The van der Waals surface area contributed by atoms with E-state index in [0.29, 0.717) is 32.3 Å². The number of hydrogen-bond acceptors (Lipinski definition) is 2. The zero-order chi connectivity index (χ0) is 17.1. The quantitative estimate of drug-likeness (QED) is 0.583. The number of halogens is 2. The molecular formula is C20H12Cl2O2. The maximum Gasteiger partial charge on any atom is 0.194 e. The van der Waals surface area contributed by atoms with Crippen molar-refractivity contribution >= 4 is 34.8 Å². The molecule has 3 aromatic carbocycles. The first kappa shape index (κ1) is 16.4. The lowest BCUT2D eigenvalue weighted by molar-refractivity contribution is 0.103. The summed E-state index contributed by atoms with van der Waals surface area (Å²) in [6.45, 7) is 0. The van der Waals surface area contributed by atoms with Gasteiger partial charge in [0.2, 0.25) is 0 Å². The van der Waals surface area contributed by atoms with Crippen LogP contribution in [0.1, 0.15) is 31.8 Å². The number of ketones is 2. The minimum atomic E-state index is -0.216. The predicted octanol–water partition coefficient (Wildman–Crippen LogP) is 5.46. The van der Waals surface area contributed by atoms with Gasteiger partial charge in [-0.05, 0) is 42.5 Å². The van der Waals surface area contributed by atoms with Crippen LogP contribution in [0.15, 0.2) is 72.8 Å². The van der Waals surface area contributed by atoms with Gasteiger partial charge in [-0.2, -0.15) is 0 Å². The van der Waals surface area contributed by atoms with Crippen LogP contribution in [0.2, 0.25) is 10.0 Å². The Labute approximate surface area is 149 Å². The molecule has 0 bridgehead atoms. The maximum absolute atomic E-state index is 12.6. The van der Waals surface area contributed by atoms with Crippen LogP contribution >= 0.6 is 23.2 Å². The third-order valence-electron chi connectivity index (χ3n) is 3.61. The Balaban J connectivity index is 1.95. The van der Waals surface area contributed by atoms with E-state index in [1.54, 1.807) is 72.8 Å². The molecule has 0 aliphatic rings. The summed E-state index contributed by atoms with van der Waals surface area (Å²) in [6, 6.07) is 20.1. The van der Waals surface area contributed by atoms with Gasteiger partial charge in [0, 0.05) is 27.3 Å². The van der Waals surface area contributed by atoms with Crippen molar-refractivity contribution in [3.8, 4) is 0 Å². The molecule has 0 saturated carbocycles. The number of hydrogen-bond donors (Lipinski definition) is 0. The molecule has 0 atom stereocenters. The Kier molecular flexibility index (Phi) is 4.79. The number of benzene rings is 3. The lowest BCUT2D eigenvalue weighted by Crippen LogP contribution is -2.06. The van der Waals surface area contributed by atoms with Crippen LogP contribution in [-0.4, -0.2) is 11.6 Å². The molecule has 0 unspecified atom stereocenters. The molecule has 4 heteroatoms. The summed E-state index contributed by atoms with van der Waals surface area (Å²) in [5, 5.41) is 0.950. The standard InChI is InChI=1S/C20H12Cl2O2/c21-16-10-8-13(9-11-16)19(23)14-4-3-5-15(12-14)20(24)17-6-1-2-7-18(17)22/h1-12H. The predicted molar refractivity (Wildman–Crippen MR) is 96.2 cm³/mol. The first-order chi connectivity index (χ1) is 11.6. The molecule has 0 N–H and O–H groups in total. The Morgan fingerprint density at radius 1 is 0.625 bits per heavy atom. The first-order valence-electron chi connectivity index (χ1n) is 7.26. The van der Waals surface area contributed by atoms with Gasteiger partial charge in [-0.3, -0.25) is 9.59 Å². The van der Waals surface area contributed by atoms with E-state index in [1.165, 1.54) is 0 Å². The molecule has 118 valence electrons. The van der Waals surface area contributed by atoms with Gasteiger partial charge in [-0.15, -0.1) is 0 Å². The molecule has 0 heterocycles. The normalized spacial score (nSPS) is 10.4. The summed E-state index contributed by atoms with van der Waals surface area (Å²) in [5.41, 5.74) is 1.79. The van der Waals surface area contributed by atoms with Crippen LogP contribution in [0, 0.1) is 0 Å². The maximum atomic E-state index is 12.6. The Hall–Kier alpha value is -2.42. The highest BCUT2D eigenvalue weighted by molar-refractivity contribution is 6.35. The van der Waals surface area contributed by atoms with Gasteiger partial charge in [0.1, 0.15) is 0 Å². The molecule has 24 heavy (non-hydrogen) atoms. The Morgan fingerprint density at radius 2 is 1.25 bits per heavy atom. The second kappa shape index (κ2) is 7.00. The SMILES string of the molecule is O=C(c1ccc(Cl)cc1)c1cccc(C(=O)c2ccccc2Cl)c1. The average molecular weight is 355 g/mol. The fourth-order valence-electron chi connectivity index (χ4n) is 2.37. The van der Waals surface area contributed by atoms with Gasteiger partial charge in [0.05, 0.1) is 5.02 Å². The van der Waals surface area contributed by atoms with Crippen LogP contribution in [0.25, 0.3) is 0 Å². The summed E-state index contributed by atoms with van der Waals surface area (Å²) < 4.78 is 0. The molecule has 0 aliphatic carbocycles. The van der Waals surface area contributed by atoms with Gasteiger partial charge >= 0.3 is 0 Å². The number of carbonyl (C=O) groups is 2. The molecule has 3 rings (SSSR count). The summed E-state index contributed by atoms with van der Waals surface area (Å²) in [4.78, 5) is 25.2. The third-order valence-corrected chi connectivity index (χ3v) is 4.19. The van der Waals surface area contributed by atoms with E-state index in [0.717, 1.165) is 0 Å². The van der Waals surface area contributed by atoms with Gasteiger partial charge in [0.25, 0.3) is 0 Å². The average Bonchev–Trinajstić information content (AvgIpc) is 2.62. The number of carbonyl (C=O) groups excluding carboxylic acids is 2. The highest BCUT2D eigenvalue weighted by Crippen LogP contribution is 2.21. The van der Waals surface area contributed by atoms with Gasteiger partial charge in [-0.1, -0.05) is 53.5 Å². The summed E-state index contributed by atoms with van der Waals surface area (Å²) in [5.74, 6) is -0.383. The molecule has 0 radical (unpaired) electrons. The molecule has 3 aromatic rings. The highest BCUT2D eigenvalue weighted by Gasteiger charge is 2.15. The van der Waals surface area contributed by atoms with Crippen LogP contribution in [-0.2, 0) is 0 Å². The lowest BCUT2D eigenvalue weighted by Gasteiger charge is -2.06. The molecule has 0 amide bonds. The van der Waals surface area contributed by atoms with E-state index >= 15 is 0 Å². The zero-order valence-corrected chi connectivity index (χ0v) is 14.0. The van der Waals surface area contributed by atoms with E-state index in [9.17, 15) is 9.59 Å². The van der Waals surface area contributed by atoms with Crippen molar-refractivity contribution in [3.05, 3.63) is 105 Å². The fourth-order valence-corrected chi connectivity index (χ4v) is 2.72. The van der Waals surface area contributed by atoms with Crippen molar-refractivity contribution in [2.45, 2.75) is 0 Å². The van der Waals surface area contributed by atoms with E-state index in [2.05, 4.69) is 0 Å². The van der Waals surface area contributed by atoms with Crippen LogP contribution in [0.5, 0.6) is 0 Å². The highest BCUT2D eigenvalue weighted by atomic mass is 35.5. The van der Waals surface area contributed by atoms with Crippen LogP contribution in [0.4, 0.5) is 0 Å². The van der Waals surface area contributed by atoms with Crippen molar-refractivity contribution in [1.82, 2.24) is 0 Å².